The molecule has 0 aliphatic rings. The maximum absolute atomic E-state index is 8.88. The van der Waals surface area contributed by atoms with Gasteiger partial charge in [0.25, 0.3) is 0 Å². The Labute approximate surface area is 56.2 Å². The van der Waals surface area contributed by atoms with E-state index in [9.17, 15) is 0 Å². The minimum Gasteiger partial charge on any atom is -0.412 e. The van der Waals surface area contributed by atoms with Gasteiger partial charge in [-0.1, -0.05) is 0 Å². The molecule has 57 valence electrons. The Balaban J connectivity index is -0.0000000267. The molecule has 0 amide bonds. The van der Waals surface area contributed by atoms with Crippen molar-refractivity contribution in [2.75, 3.05) is 0 Å². The van der Waals surface area contributed by atoms with Gasteiger partial charge in [0.1, 0.15) is 0 Å². The second-order valence-corrected chi connectivity index (χ2v) is 1.54. The van der Waals surface area contributed by atoms with Crippen LogP contribution in [0.5, 0.6) is 0 Å². The van der Waals surface area contributed by atoms with Crippen molar-refractivity contribution in [3.05, 3.63) is 0 Å². The summed E-state index contributed by atoms with van der Waals surface area (Å²) in [5.41, 5.74) is 0. The number of hydrogen-bond donors (Lipinski definition) is 4. The Hall–Kier alpha value is 0.536. The van der Waals surface area contributed by atoms with Crippen LogP contribution in [0.4, 0.5) is 0 Å². The van der Waals surface area contributed by atoms with Crippen LogP contribution in [-0.4, -0.2) is 20.2 Å². The van der Waals surface area contributed by atoms with Crippen LogP contribution in [0, 0.1) is 0 Å². The number of rotatable bonds is 0. The van der Waals surface area contributed by atoms with E-state index in [0.717, 1.165) is 0 Å². The fraction of sp³-hybridized carbons (Fsp3) is 0. The van der Waals surface area contributed by atoms with Crippen LogP contribution in [0.15, 0.2) is 0 Å². The van der Waals surface area contributed by atoms with Gasteiger partial charge >= 0.3 is 7.82 Å². The zero-order chi connectivity index (χ0) is 4.50. The maximum Gasteiger partial charge on any atom is 0.466 e. The Morgan fingerprint density at radius 2 is 1.12 bits per heavy atom. The van der Waals surface area contributed by atoms with Gasteiger partial charge in [-0.25, -0.2) is 4.57 Å². The topological polar surface area (TPSA) is 144 Å². The van der Waals surface area contributed by atoms with Gasteiger partial charge in [0.05, 0.1) is 0 Å². The molecule has 0 aliphatic carbocycles. The maximum atomic E-state index is 8.88. The average Bonchev–Trinajstić information content (AvgIpc) is 0.722. The molecule has 0 saturated heterocycles. The summed E-state index contributed by atoms with van der Waals surface area (Å²) in [4.78, 5) is 21.6. The van der Waals surface area contributed by atoms with E-state index in [2.05, 4.69) is 0 Å². The van der Waals surface area contributed by atoms with Gasteiger partial charge in [0.15, 0.2) is 0 Å². The minimum atomic E-state index is -4.64. The molecule has 0 saturated carbocycles. The Kier molecular flexibility index (Phi) is 22.2. The van der Waals surface area contributed by atoms with Crippen molar-refractivity contribution >= 4 is 7.82 Å². The number of hydrogen-bond acceptors (Lipinski definition) is 2. The Bertz CT molecular complexity index is 58.6. The van der Waals surface area contributed by atoms with Gasteiger partial charge in [-0.2, -0.15) is 0 Å². The molecule has 0 aliphatic heterocycles. The predicted molar refractivity (Wildman–Crippen MR) is 22.9 cm³/mol. The summed E-state index contributed by atoms with van der Waals surface area (Å²) in [5, 5.41) is 0. The van der Waals surface area contributed by atoms with E-state index in [1.54, 1.807) is 0 Å². The van der Waals surface area contributed by atoms with Crippen molar-refractivity contribution < 1.29 is 41.5 Å². The Morgan fingerprint density at radius 1 is 1.12 bits per heavy atom. The summed E-state index contributed by atoms with van der Waals surface area (Å²) in [7, 11) is -4.64. The molecule has 0 rings (SSSR count). The van der Waals surface area contributed by atoms with Gasteiger partial charge < -0.3 is 26.3 Å². The van der Waals surface area contributed by atoms with Crippen molar-refractivity contribution in [3.8, 4) is 0 Å². The van der Waals surface area contributed by atoms with Crippen LogP contribution < -0.4 is 6.15 Å². The molecule has 0 aromatic carbocycles. The van der Waals surface area contributed by atoms with Crippen molar-refractivity contribution in [2.24, 2.45) is 0 Å². The standard InChI is InChI=1S/Co.H3N.H3O4P.H2O/c;;1-5(2,3)4;/h;1H3;(H3,1,2,3,4);1H2. The first-order valence-electron chi connectivity index (χ1n) is 0.783. The summed E-state index contributed by atoms with van der Waals surface area (Å²) in [6.07, 6.45) is 0. The van der Waals surface area contributed by atoms with Gasteiger partial charge in [-0.3, -0.25) is 0 Å². The number of phosphoric acid groups is 1. The van der Waals surface area contributed by atoms with Crippen molar-refractivity contribution in [2.45, 2.75) is 0 Å². The molecule has 0 aromatic heterocycles. The molecule has 8 heavy (non-hydrogen) atoms. The molecule has 0 atom stereocenters. The van der Waals surface area contributed by atoms with E-state index >= 15 is 0 Å². The zero-order valence-electron chi connectivity index (χ0n) is 3.74. The van der Waals surface area contributed by atoms with E-state index in [1.165, 1.54) is 0 Å². The van der Waals surface area contributed by atoms with Crippen LogP contribution in [0.3, 0.4) is 0 Å². The van der Waals surface area contributed by atoms with E-state index in [-0.39, 0.29) is 28.4 Å². The molecular weight excluding hydrogens is 184 g/mol. The third kappa shape index (κ3) is 696. The zero-order valence-corrected chi connectivity index (χ0v) is 5.67. The Morgan fingerprint density at radius 3 is 1.12 bits per heavy atom. The van der Waals surface area contributed by atoms with Crippen molar-refractivity contribution in [1.29, 1.82) is 0 Å². The fourth-order valence-corrected chi connectivity index (χ4v) is 0. The van der Waals surface area contributed by atoms with Crippen LogP contribution >= 0.6 is 7.82 Å². The summed E-state index contributed by atoms with van der Waals surface area (Å²) in [6.45, 7) is 0. The second-order valence-electron chi connectivity index (χ2n) is 0.513. The fourth-order valence-electron chi connectivity index (χ4n) is 0. The average molecular weight is 192 g/mol. The van der Waals surface area contributed by atoms with Gasteiger partial charge in [0.2, 0.25) is 0 Å². The van der Waals surface area contributed by atoms with Gasteiger partial charge in [0, 0.05) is 16.8 Å². The van der Waals surface area contributed by atoms with E-state index in [4.69, 9.17) is 19.2 Å². The molecule has 0 fully saturated rings. The van der Waals surface area contributed by atoms with Crippen molar-refractivity contribution in [1.82, 2.24) is 6.15 Å². The quantitative estimate of drug-likeness (QED) is 0.341. The summed E-state index contributed by atoms with van der Waals surface area (Å²) in [6, 6.07) is 0. The molecule has 8 N–H and O–H groups in total. The van der Waals surface area contributed by atoms with Gasteiger partial charge in [-0.05, 0) is 0 Å². The SMILES string of the molecule is N.O.O=P(O)(O)O.[Co]. The summed E-state index contributed by atoms with van der Waals surface area (Å²) >= 11 is 0. The molecule has 8 heteroatoms. The molecule has 1 radical (unpaired) electrons. The van der Waals surface area contributed by atoms with Crippen molar-refractivity contribution in [3.63, 3.8) is 0 Å². The molecule has 0 spiro atoms. The smallest absolute Gasteiger partial charge is 0.412 e. The van der Waals surface area contributed by atoms with Crippen LogP contribution in [0.1, 0.15) is 0 Å². The molecule has 0 heterocycles. The van der Waals surface area contributed by atoms with E-state index in [0.29, 0.717) is 0 Å². The first kappa shape index (κ1) is 23.6. The first-order chi connectivity index (χ1) is 2.00. The normalized spacial score (nSPS) is 7.38. The van der Waals surface area contributed by atoms with Gasteiger partial charge in [-0.15, -0.1) is 0 Å². The molecular formula is H8CoNO5P. The van der Waals surface area contributed by atoms with Crippen LogP contribution in [0.25, 0.3) is 0 Å². The first-order valence-corrected chi connectivity index (χ1v) is 2.35. The predicted octanol–water partition coefficient (Wildman–Crippen LogP) is -1.59. The van der Waals surface area contributed by atoms with Crippen LogP contribution in [-0.2, 0) is 21.3 Å². The molecule has 6 nitrogen and oxygen atoms in total. The summed E-state index contributed by atoms with van der Waals surface area (Å²) < 4.78 is 8.88. The second kappa shape index (κ2) is 7.54. The molecule has 0 unspecified atom stereocenters. The van der Waals surface area contributed by atoms with E-state index < -0.39 is 7.82 Å². The van der Waals surface area contributed by atoms with E-state index in [1.807, 2.05) is 0 Å². The molecule has 0 aromatic rings. The minimum absolute atomic E-state index is 0. The molecule has 0 bridgehead atoms. The summed E-state index contributed by atoms with van der Waals surface area (Å²) in [5.74, 6) is 0. The third-order valence-corrected chi connectivity index (χ3v) is 0. The largest absolute Gasteiger partial charge is 0.466 e. The third-order valence-electron chi connectivity index (χ3n) is 0. The van der Waals surface area contributed by atoms with Crippen LogP contribution in [0.2, 0.25) is 0 Å². The monoisotopic (exact) mass is 192 g/mol.